The van der Waals surface area contributed by atoms with E-state index in [1.807, 2.05) is 18.2 Å². The van der Waals surface area contributed by atoms with Crippen molar-refractivity contribution in [2.45, 2.75) is 38.6 Å². The fraction of sp³-hybridized carbons (Fsp3) is 0.318. The Balaban J connectivity index is 1.54. The number of carbonyl (C=O) groups excluding carboxylic acids is 3. The van der Waals surface area contributed by atoms with Gasteiger partial charge in [-0.05, 0) is 54.2 Å². The Morgan fingerprint density at radius 1 is 1.10 bits per heavy atom. The maximum Gasteiger partial charge on any atom is 0.308 e. The molecule has 2 N–H and O–H groups in total. The van der Waals surface area contributed by atoms with Crippen LogP contribution < -0.4 is 10.6 Å². The van der Waals surface area contributed by atoms with E-state index >= 15 is 0 Å². The molecule has 0 radical (unpaired) electrons. The second kappa shape index (κ2) is 9.56. The molecule has 2 amide bonds. The lowest BCUT2D eigenvalue weighted by Gasteiger charge is -2.18. The van der Waals surface area contributed by atoms with Crippen molar-refractivity contribution in [1.82, 2.24) is 5.32 Å². The first-order valence-corrected chi connectivity index (χ1v) is 9.89. The predicted molar refractivity (Wildman–Crippen MR) is 111 cm³/mol. The lowest BCUT2D eigenvalue weighted by molar-refractivity contribution is -0.148. The Hall–Kier alpha value is -2.86. The number of rotatable bonds is 7. The van der Waals surface area contributed by atoms with Gasteiger partial charge in [0.1, 0.15) is 0 Å². The van der Waals surface area contributed by atoms with Gasteiger partial charge >= 0.3 is 5.97 Å². The van der Waals surface area contributed by atoms with Gasteiger partial charge in [-0.3, -0.25) is 14.4 Å². The first kappa shape index (κ1) is 20.9. The molecule has 1 aliphatic rings. The van der Waals surface area contributed by atoms with Crippen molar-refractivity contribution < 1.29 is 19.1 Å². The molecule has 29 heavy (non-hydrogen) atoms. The Labute approximate surface area is 174 Å². The van der Waals surface area contributed by atoms with Crippen LogP contribution in [0.4, 0.5) is 5.69 Å². The normalized spacial score (nSPS) is 13.3. The largest absolute Gasteiger partial charge is 0.455 e. The summed E-state index contributed by atoms with van der Waals surface area (Å²) in [4.78, 5) is 35.9. The molecule has 0 unspecified atom stereocenters. The average molecular weight is 415 g/mol. The fourth-order valence-electron chi connectivity index (χ4n) is 3.46. The molecule has 1 aliphatic carbocycles. The molecule has 0 heterocycles. The van der Waals surface area contributed by atoms with E-state index in [4.69, 9.17) is 16.3 Å². The number of halogens is 1. The first-order chi connectivity index (χ1) is 13.9. The number of ether oxygens (including phenoxy) is 1. The Kier molecular flexibility index (Phi) is 6.88. The number of fused-ring (bicyclic) bond motifs is 1. The van der Waals surface area contributed by atoms with Gasteiger partial charge < -0.3 is 15.4 Å². The number of carbonyl (C=O) groups is 3. The lowest BCUT2D eigenvalue weighted by Crippen LogP contribution is -2.29. The van der Waals surface area contributed by atoms with Crippen molar-refractivity contribution in [3.63, 3.8) is 0 Å². The Morgan fingerprint density at radius 2 is 1.86 bits per heavy atom. The summed E-state index contributed by atoms with van der Waals surface area (Å²) in [6, 6.07) is 12.2. The van der Waals surface area contributed by atoms with E-state index in [0.717, 1.165) is 19.3 Å². The van der Waals surface area contributed by atoms with E-state index in [1.165, 1.54) is 18.1 Å². The van der Waals surface area contributed by atoms with Crippen LogP contribution in [0.15, 0.2) is 42.5 Å². The highest BCUT2D eigenvalue weighted by Crippen LogP contribution is 2.26. The summed E-state index contributed by atoms with van der Waals surface area (Å²) >= 11 is 6.18. The number of anilines is 1. The molecular formula is C22H23ClN2O4. The van der Waals surface area contributed by atoms with Crippen molar-refractivity contribution >= 4 is 35.1 Å². The summed E-state index contributed by atoms with van der Waals surface area (Å²) in [5.74, 6) is -1.31. The molecule has 152 valence electrons. The molecule has 0 aliphatic heterocycles. The molecule has 2 aromatic rings. The molecule has 6 nitrogen and oxygen atoms in total. The highest BCUT2D eigenvalue weighted by atomic mass is 35.5. The smallest absolute Gasteiger partial charge is 0.308 e. The minimum atomic E-state index is -0.631. The van der Waals surface area contributed by atoms with E-state index in [2.05, 4.69) is 10.6 Å². The molecule has 3 rings (SSSR count). The second-order valence-corrected chi connectivity index (χ2v) is 7.43. The zero-order valence-electron chi connectivity index (χ0n) is 16.2. The first-order valence-electron chi connectivity index (χ1n) is 9.51. The van der Waals surface area contributed by atoms with Crippen molar-refractivity contribution in [2.75, 3.05) is 11.9 Å². The van der Waals surface area contributed by atoms with Crippen LogP contribution in [0.5, 0.6) is 0 Å². The van der Waals surface area contributed by atoms with Crippen LogP contribution >= 0.6 is 11.6 Å². The third-order valence-corrected chi connectivity index (χ3v) is 5.12. The topological polar surface area (TPSA) is 84.5 Å². The lowest BCUT2D eigenvalue weighted by atomic mass is 10.0. The molecule has 0 fully saturated rings. The van der Waals surface area contributed by atoms with Crippen LogP contribution in [0.2, 0.25) is 5.02 Å². The summed E-state index contributed by atoms with van der Waals surface area (Å²) < 4.78 is 5.10. The molecule has 0 bridgehead atoms. The number of benzene rings is 2. The number of aryl methyl sites for hydroxylation is 2. The zero-order chi connectivity index (χ0) is 20.8. The highest BCUT2D eigenvalue weighted by Gasteiger charge is 2.21. The fourth-order valence-corrected chi connectivity index (χ4v) is 3.73. The van der Waals surface area contributed by atoms with Crippen LogP contribution in [0, 0.1) is 0 Å². The summed E-state index contributed by atoms with van der Waals surface area (Å²) in [5, 5.41) is 5.88. The highest BCUT2D eigenvalue weighted by molar-refractivity contribution is 6.31. The number of hydrogen-bond donors (Lipinski definition) is 2. The average Bonchev–Trinajstić information content (AvgIpc) is 3.14. The van der Waals surface area contributed by atoms with Crippen LogP contribution in [0.1, 0.15) is 42.5 Å². The van der Waals surface area contributed by atoms with Crippen molar-refractivity contribution in [2.24, 2.45) is 0 Å². The van der Waals surface area contributed by atoms with Gasteiger partial charge in [-0.25, -0.2) is 0 Å². The molecule has 0 aromatic heterocycles. The van der Waals surface area contributed by atoms with Gasteiger partial charge in [0, 0.05) is 17.6 Å². The zero-order valence-corrected chi connectivity index (χ0v) is 16.9. The molecule has 0 saturated carbocycles. The van der Waals surface area contributed by atoms with Gasteiger partial charge in [0.2, 0.25) is 5.91 Å². The summed E-state index contributed by atoms with van der Waals surface area (Å²) in [5.41, 5.74) is 3.87. The van der Waals surface area contributed by atoms with Gasteiger partial charge in [-0.1, -0.05) is 35.9 Å². The number of esters is 1. The summed E-state index contributed by atoms with van der Waals surface area (Å²) in [6.07, 6.45) is 3.09. The number of amides is 2. The van der Waals surface area contributed by atoms with Crippen LogP contribution in [0.25, 0.3) is 0 Å². The Bertz CT molecular complexity index is 929. The minimum absolute atomic E-state index is 0.130. The van der Waals surface area contributed by atoms with Gasteiger partial charge in [-0.2, -0.15) is 0 Å². The third kappa shape index (κ3) is 5.81. The van der Waals surface area contributed by atoms with Crippen molar-refractivity contribution in [1.29, 1.82) is 0 Å². The van der Waals surface area contributed by atoms with Gasteiger partial charge in [-0.15, -0.1) is 0 Å². The van der Waals surface area contributed by atoms with E-state index in [0.29, 0.717) is 16.3 Å². The maximum absolute atomic E-state index is 12.2. The van der Waals surface area contributed by atoms with Crippen LogP contribution in [-0.2, 0) is 32.0 Å². The minimum Gasteiger partial charge on any atom is -0.455 e. The van der Waals surface area contributed by atoms with E-state index in [-0.39, 0.29) is 12.3 Å². The maximum atomic E-state index is 12.2. The van der Waals surface area contributed by atoms with Crippen molar-refractivity contribution in [3.8, 4) is 0 Å². The quantitative estimate of drug-likeness (QED) is 0.678. The van der Waals surface area contributed by atoms with Crippen LogP contribution in [0.3, 0.4) is 0 Å². The van der Waals surface area contributed by atoms with Crippen molar-refractivity contribution in [3.05, 3.63) is 64.2 Å². The molecular weight excluding hydrogens is 392 g/mol. The van der Waals surface area contributed by atoms with Gasteiger partial charge in [0.05, 0.1) is 12.5 Å². The van der Waals surface area contributed by atoms with E-state index in [9.17, 15) is 14.4 Å². The molecule has 1 atom stereocenters. The van der Waals surface area contributed by atoms with E-state index in [1.54, 1.807) is 24.3 Å². The van der Waals surface area contributed by atoms with Gasteiger partial charge in [0.15, 0.2) is 6.61 Å². The number of nitrogens with one attached hydrogen (secondary N) is 2. The van der Waals surface area contributed by atoms with Crippen LogP contribution in [-0.4, -0.2) is 24.4 Å². The van der Waals surface area contributed by atoms with Gasteiger partial charge in [0.25, 0.3) is 5.91 Å². The molecule has 7 heteroatoms. The molecule has 0 saturated heterocycles. The standard InChI is InChI=1S/C22H23ClN2O4/c1-14(26)24-20(18-7-2-3-8-19(18)23)12-22(28)29-13-21(27)25-17-10-9-15-5-4-6-16(15)11-17/h2-3,7-11,20H,4-6,12-13H2,1H3,(H,24,26)(H,25,27)/t20-/m0/s1. The third-order valence-electron chi connectivity index (χ3n) is 4.78. The molecule has 2 aromatic carbocycles. The Morgan fingerprint density at radius 3 is 2.62 bits per heavy atom. The predicted octanol–water partition coefficient (Wildman–Crippen LogP) is 3.58. The monoisotopic (exact) mass is 414 g/mol. The second-order valence-electron chi connectivity index (χ2n) is 7.02. The SMILES string of the molecule is CC(=O)N[C@@H](CC(=O)OCC(=O)Nc1ccc2c(c1)CCC2)c1ccccc1Cl. The van der Waals surface area contributed by atoms with E-state index < -0.39 is 24.5 Å². The summed E-state index contributed by atoms with van der Waals surface area (Å²) in [6.45, 7) is 0.963. The molecule has 0 spiro atoms. The number of hydrogen-bond acceptors (Lipinski definition) is 4. The summed E-state index contributed by atoms with van der Waals surface area (Å²) in [7, 11) is 0.